The van der Waals surface area contributed by atoms with Gasteiger partial charge in [-0.15, -0.1) is 0 Å². The SMILES string of the molecule is COc1cc(C=NNC(N)=S)cc(Cl)c1OCc1ccccc1. The Balaban J connectivity index is 2.16. The molecule has 0 radical (unpaired) electrons. The lowest BCUT2D eigenvalue weighted by Crippen LogP contribution is -2.23. The van der Waals surface area contributed by atoms with E-state index in [0.29, 0.717) is 23.1 Å². The summed E-state index contributed by atoms with van der Waals surface area (Å²) in [6, 6.07) is 13.3. The summed E-state index contributed by atoms with van der Waals surface area (Å²) in [5.74, 6) is 1.00. The average Bonchev–Trinajstić information content (AvgIpc) is 2.54. The minimum atomic E-state index is 0.0853. The number of nitrogens with two attached hydrogens (primary N) is 1. The van der Waals surface area contributed by atoms with Crippen molar-refractivity contribution in [3.8, 4) is 11.5 Å². The van der Waals surface area contributed by atoms with Gasteiger partial charge in [0.1, 0.15) is 6.61 Å². The van der Waals surface area contributed by atoms with Crippen LogP contribution in [0.5, 0.6) is 11.5 Å². The van der Waals surface area contributed by atoms with E-state index in [1.54, 1.807) is 19.2 Å². The second-order valence-corrected chi connectivity index (χ2v) is 5.39. The molecular weight excluding hydrogens is 334 g/mol. The average molecular weight is 350 g/mol. The number of nitrogens with zero attached hydrogens (tertiary/aromatic N) is 1. The van der Waals surface area contributed by atoms with E-state index in [1.165, 1.54) is 6.21 Å². The lowest BCUT2D eigenvalue weighted by atomic mass is 10.2. The van der Waals surface area contributed by atoms with Crippen molar-refractivity contribution in [1.29, 1.82) is 0 Å². The molecule has 0 amide bonds. The van der Waals surface area contributed by atoms with E-state index in [-0.39, 0.29) is 5.11 Å². The summed E-state index contributed by atoms with van der Waals surface area (Å²) in [5, 5.41) is 4.40. The van der Waals surface area contributed by atoms with Crippen LogP contribution in [0.25, 0.3) is 0 Å². The van der Waals surface area contributed by atoms with Gasteiger partial charge in [0.25, 0.3) is 0 Å². The molecule has 120 valence electrons. The maximum Gasteiger partial charge on any atom is 0.184 e. The van der Waals surface area contributed by atoms with Gasteiger partial charge in [-0.05, 0) is 35.5 Å². The Morgan fingerprint density at radius 1 is 1.35 bits per heavy atom. The number of nitrogens with one attached hydrogen (secondary N) is 1. The van der Waals surface area contributed by atoms with Crippen molar-refractivity contribution in [2.75, 3.05) is 7.11 Å². The summed E-state index contributed by atoms with van der Waals surface area (Å²) >= 11 is 11.0. The fraction of sp³-hybridized carbons (Fsp3) is 0.125. The van der Waals surface area contributed by atoms with Crippen LogP contribution in [-0.2, 0) is 6.61 Å². The Hall–Kier alpha value is -2.31. The monoisotopic (exact) mass is 349 g/mol. The van der Waals surface area contributed by atoms with Crippen molar-refractivity contribution < 1.29 is 9.47 Å². The van der Waals surface area contributed by atoms with Crippen LogP contribution in [0.3, 0.4) is 0 Å². The minimum Gasteiger partial charge on any atom is -0.493 e. The van der Waals surface area contributed by atoms with Crippen LogP contribution in [0.1, 0.15) is 11.1 Å². The van der Waals surface area contributed by atoms with Crippen LogP contribution < -0.4 is 20.6 Å². The van der Waals surface area contributed by atoms with E-state index < -0.39 is 0 Å². The van der Waals surface area contributed by atoms with Gasteiger partial charge in [0, 0.05) is 0 Å². The molecule has 0 atom stereocenters. The summed E-state index contributed by atoms with van der Waals surface area (Å²) in [7, 11) is 1.55. The van der Waals surface area contributed by atoms with Gasteiger partial charge in [0.15, 0.2) is 16.6 Å². The Morgan fingerprint density at radius 2 is 2.09 bits per heavy atom. The zero-order chi connectivity index (χ0) is 16.7. The molecule has 2 rings (SSSR count). The minimum absolute atomic E-state index is 0.0853. The molecule has 0 aliphatic heterocycles. The smallest absolute Gasteiger partial charge is 0.184 e. The highest BCUT2D eigenvalue weighted by Gasteiger charge is 2.11. The molecular formula is C16H16ClN3O2S. The molecule has 0 aliphatic carbocycles. The van der Waals surface area contributed by atoms with E-state index in [9.17, 15) is 0 Å². The van der Waals surface area contributed by atoms with E-state index in [2.05, 4.69) is 22.7 Å². The Morgan fingerprint density at radius 3 is 2.74 bits per heavy atom. The molecule has 2 aromatic rings. The highest BCUT2D eigenvalue weighted by molar-refractivity contribution is 7.80. The quantitative estimate of drug-likeness (QED) is 0.476. The maximum absolute atomic E-state index is 6.28. The van der Waals surface area contributed by atoms with Crippen molar-refractivity contribution >= 4 is 35.1 Å². The van der Waals surface area contributed by atoms with Gasteiger partial charge in [-0.2, -0.15) is 5.10 Å². The van der Waals surface area contributed by atoms with E-state index in [4.69, 9.17) is 26.8 Å². The fourth-order valence-electron chi connectivity index (χ4n) is 1.85. The number of benzene rings is 2. The van der Waals surface area contributed by atoms with Crippen LogP contribution in [-0.4, -0.2) is 18.4 Å². The van der Waals surface area contributed by atoms with E-state index in [0.717, 1.165) is 11.1 Å². The van der Waals surface area contributed by atoms with Gasteiger partial charge < -0.3 is 15.2 Å². The summed E-state index contributed by atoms with van der Waals surface area (Å²) in [6.45, 7) is 0.396. The van der Waals surface area contributed by atoms with Gasteiger partial charge in [-0.25, -0.2) is 0 Å². The standard InChI is InChI=1S/C16H16ClN3O2S/c1-21-14-8-12(9-19-20-16(18)23)7-13(17)15(14)22-10-11-5-3-2-4-6-11/h2-9H,10H2,1H3,(H3,18,20,23). The second kappa shape index (κ2) is 8.36. The van der Waals surface area contributed by atoms with Crippen LogP contribution in [0.15, 0.2) is 47.6 Å². The van der Waals surface area contributed by atoms with Crippen molar-refractivity contribution in [2.24, 2.45) is 10.8 Å². The first kappa shape index (κ1) is 17.1. The number of thiocarbonyl (C=S) groups is 1. The topological polar surface area (TPSA) is 68.9 Å². The number of halogens is 1. The molecule has 0 fully saturated rings. The fourth-order valence-corrected chi connectivity index (χ4v) is 2.18. The van der Waals surface area contributed by atoms with E-state index in [1.807, 2.05) is 30.3 Å². The predicted molar refractivity (Wildman–Crippen MR) is 96.3 cm³/mol. The number of ether oxygens (including phenoxy) is 2. The van der Waals surface area contributed by atoms with Crippen molar-refractivity contribution in [1.82, 2.24) is 5.43 Å². The van der Waals surface area contributed by atoms with Gasteiger partial charge in [-0.3, -0.25) is 5.43 Å². The van der Waals surface area contributed by atoms with Gasteiger partial charge in [0.05, 0.1) is 18.3 Å². The summed E-state index contributed by atoms with van der Waals surface area (Å²) in [4.78, 5) is 0. The first-order valence-electron chi connectivity index (χ1n) is 6.73. The molecule has 7 heteroatoms. The van der Waals surface area contributed by atoms with Crippen LogP contribution in [0, 0.1) is 0 Å². The van der Waals surface area contributed by atoms with Gasteiger partial charge in [0.2, 0.25) is 0 Å². The molecule has 3 N–H and O–H groups in total. The summed E-state index contributed by atoms with van der Waals surface area (Å²) in [5.41, 5.74) is 9.54. The third-order valence-electron chi connectivity index (χ3n) is 2.87. The third-order valence-corrected chi connectivity index (χ3v) is 3.24. The molecule has 0 spiro atoms. The predicted octanol–water partition coefficient (Wildman–Crippen LogP) is 3.09. The zero-order valence-electron chi connectivity index (χ0n) is 12.5. The highest BCUT2D eigenvalue weighted by Crippen LogP contribution is 2.36. The first-order chi connectivity index (χ1) is 11.1. The molecule has 0 saturated heterocycles. The molecule has 0 bridgehead atoms. The van der Waals surface area contributed by atoms with E-state index >= 15 is 0 Å². The van der Waals surface area contributed by atoms with Crippen LogP contribution in [0.2, 0.25) is 5.02 Å². The van der Waals surface area contributed by atoms with Gasteiger partial charge in [-0.1, -0.05) is 41.9 Å². The highest BCUT2D eigenvalue weighted by atomic mass is 35.5. The first-order valence-corrected chi connectivity index (χ1v) is 7.51. The molecule has 5 nitrogen and oxygen atoms in total. The lowest BCUT2D eigenvalue weighted by Gasteiger charge is -2.13. The van der Waals surface area contributed by atoms with Crippen molar-refractivity contribution in [2.45, 2.75) is 6.61 Å². The largest absolute Gasteiger partial charge is 0.493 e. The Labute approximate surface area is 145 Å². The number of methoxy groups -OCH3 is 1. The summed E-state index contributed by atoms with van der Waals surface area (Å²) in [6.07, 6.45) is 1.54. The maximum atomic E-state index is 6.28. The number of hydrogen-bond acceptors (Lipinski definition) is 4. The van der Waals surface area contributed by atoms with Crippen LogP contribution >= 0.6 is 23.8 Å². The molecule has 0 heterocycles. The number of rotatable bonds is 6. The Kier molecular flexibility index (Phi) is 6.19. The normalized spacial score (nSPS) is 10.5. The summed E-state index contributed by atoms with van der Waals surface area (Å²) < 4.78 is 11.1. The van der Waals surface area contributed by atoms with Crippen molar-refractivity contribution in [3.63, 3.8) is 0 Å². The zero-order valence-corrected chi connectivity index (χ0v) is 14.0. The molecule has 2 aromatic carbocycles. The van der Waals surface area contributed by atoms with Crippen LogP contribution in [0.4, 0.5) is 0 Å². The third kappa shape index (κ3) is 5.12. The number of hydrazone groups is 1. The van der Waals surface area contributed by atoms with Crippen molar-refractivity contribution in [3.05, 3.63) is 58.6 Å². The second-order valence-electron chi connectivity index (χ2n) is 4.54. The molecule has 0 unspecified atom stereocenters. The van der Waals surface area contributed by atoms with Gasteiger partial charge >= 0.3 is 0 Å². The molecule has 0 aliphatic rings. The molecule has 0 saturated carbocycles. The Bertz CT molecular complexity index is 708. The lowest BCUT2D eigenvalue weighted by molar-refractivity contribution is 0.284. The molecule has 0 aromatic heterocycles. The number of hydrogen-bond donors (Lipinski definition) is 2. The molecule has 23 heavy (non-hydrogen) atoms.